The molecule has 53 heavy (non-hydrogen) atoms. The summed E-state index contributed by atoms with van der Waals surface area (Å²) in [6, 6.07) is 61.5. The number of hydrogen-bond donors (Lipinski definition) is 0. The number of fused-ring (bicyclic) bond motifs is 6. The third-order valence-electron chi connectivity index (χ3n) is 10.5. The van der Waals surface area contributed by atoms with E-state index in [0.29, 0.717) is 17.5 Å². The van der Waals surface area contributed by atoms with Crippen molar-refractivity contribution in [3.05, 3.63) is 176 Å². The van der Waals surface area contributed by atoms with Gasteiger partial charge >= 0.3 is 0 Å². The molecule has 8 aromatic carbocycles. The molecule has 0 unspecified atom stereocenters. The summed E-state index contributed by atoms with van der Waals surface area (Å²) in [6.45, 7) is 0. The molecular formula is C49H29N3O. The van der Waals surface area contributed by atoms with Gasteiger partial charge in [0.05, 0.1) is 5.56 Å². The molecule has 2 aromatic heterocycles. The molecular weight excluding hydrogens is 647 g/mol. The molecule has 0 aliphatic heterocycles. The fourth-order valence-corrected chi connectivity index (χ4v) is 8.09. The molecule has 246 valence electrons. The SMILES string of the molecule is c1ccc(-c2cc3c(c(-c4ccc(-c5nc(-c6ccccc6)nc(-c6ccccc6)n5)c5oc6ccccc6c45)c2)-c2cccc4cccc-3c24)cc1. The van der Waals surface area contributed by atoms with Crippen LogP contribution in [0.3, 0.4) is 0 Å². The molecule has 0 spiro atoms. The average Bonchev–Trinajstić information content (AvgIpc) is 3.79. The van der Waals surface area contributed by atoms with E-state index in [1.54, 1.807) is 0 Å². The van der Waals surface area contributed by atoms with Crippen molar-refractivity contribution < 1.29 is 4.42 Å². The zero-order valence-electron chi connectivity index (χ0n) is 28.5. The zero-order chi connectivity index (χ0) is 34.9. The van der Waals surface area contributed by atoms with E-state index in [0.717, 1.165) is 44.2 Å². The van der Waals surface area contributed by atoms with E-state index < -0.39 is 0 Å². The molecule has 0 radical (unpaired) electrons. The second-order valence-corrected chi connectivity index (χ2v) is 13.5. The molecule has 0 atom stereocenters. The van der Waals surface area contributed by atoms with Gasteiger partial charge in [-0.05, 0) is 79.5 Å². The number of para-hydroxylation sites is 1. The van der Waals surface area contributed by atoms with Crippen molar-refractivity contribution in [2.45, 2.75) is 0 Å². The Kier molecular flexibility index (Phi) is 6.52. The molecule has 1 aliphatic carbocycles. The van der Waals surface area contributed by atoms with Crippen LogP contribution in [0.2, 0.25) is 0 Å². The third kappa shape index (κ3) is 4.66. The monoisotopic (exact) mass is 675 g/mol. The molecule has 2 heterocycles. The van der Waals surface area contributed by atoms with Crippen LogP contribution in [0.5, 0.6) is 0 Å². The van der Waals surface area contributed by atoms with Crippen LogP contribution in [0, 0.1) is 0 Å². The minimum absolute atomic E-state index is 0.564. The molecule has 0 bridgehead atoms. The molecule has 4 nitrogen and oxygen atoms in total. The molecule has 1 aliphatic rings. The lowest BCUT2D eigenvalue weighted by atomic mass is 9.87. The maximum atomic E-state index is 6.84. The lowest BCUT2D eigenvalue weighted by molar-refractivity contribution is 0.669. The van der Waals surface area contributed by atoms with Crippen molar-refractivity contribution in [1.82, 2.24) is 15.0 Å². The van der Waals surface area contributed by atoms with E-state index in [4.69, 9.17) is 19.4 Å². The minimum atomic E-state index is 0.564. The number of rotatable bonds is 5. The Morgan fingerprint density at radius 3 is 1.53 bits per heavy atom. The first-order chi connectivity index (χ1) is 26.3. The Morgan fingerprint density at radius 2 is 0.868 bits per heavy atom. The summed E-state index contributed by atoms with van der Waals surface area (Å²) in [5, 5.41) is 4.63. The second kappa shape index (κ2) is 11.7. The highest BCUT2D eigenvalue weighted by molar-refractivity contribution is 6.22. The predicted octanol–water partition coefficient (Wildman–Crippen LogP) is 12.9. The van der Waals surface area contributed by atoms with Crippen molar-refractivity contribution in [1.29, 1.82) is 0 Å². The number of aromatic nitrogens is 3. The van der Waals surface area contributed by atoms with Crippen LogP contribution in [0.25, 0.3) is 111 Å². The van der Waals surface area contributed by atoms with Gasteiger partial charge in [-0.3, -0.25) is 0 Å². The summed E-state index contributed by atoms with van der Waals surface area (Å²) in [6.07, 6.45) is 0. The Labute approximate surface area is 305 Å². The van der Waals surface area contributed by atoms with Gasteiger partial charge in [0.2, 0.25) is 0 Å². The van der Waals surface area contributed by atoms with Gasteiger partial charge in [0.1, 0.15) is 11.2 Å². The molecule has 10 aromatic rings. The van der Waals surface area contributed by atoms with E-state index in [2.05, 4.69) is 103 Å². The van der Waals surface area contributed by atoms with Crippen molar-refractivity contribution in [2.24, 2.45) is 0 Å². The lowest BCUT2D eigenvalue weighted by Crippen LogP contribution is -2.00. The Morgan fingerprint density at radius 1 is 0.340 bits per heavy atom. The average molecular weight is 676 g/mol. The predicted molar refractivity (Wildman–Crippen MR) is 216 cm³/mol. The van der Waals surface area contributed by atoms with E-state index in [9.17, 15) is 0 Å². The summed E-state index contributed by atoms with van der Waals surface area (Å²) < 4.78 is 6.84. The van der Waals surface area contributed by atoms with E-state index in [1.165, 1.54) is 49.7 Å². The second-order valence-electron chi connectivity index (χ2n) is 13.5. The number of hydrogen-bond acceptors (Lipinski definition) is 4. The first-order valence-electron chi connectivity index (χ1n) is 17.9. The van der Waals surface area contributed by atoms with Crippen LogP contribution in [0.1, 0.15) is 0 Å². The molecule has 0 fully saturated rings. The van der Waals surface area contributed by atoms with Crippen LogP contribution in [0.4, 0.5) is 0 Å². The third-order valence-corrected chi connectivity index (χ3v) is 10.5. The van der Waals surface area contributed by atoms with Gasteiger partial charge in [-0.1, -0.05) is 152 Å². The number of nitrogens with zero attached hydrogens (tertiary/aromatic N) is 3. The lowest BCUT2D eigenvalue weighted by Gasteiger charge is -2.16. The molecule has 0 N–H and O–H groups in total. The molecule has 0 saturated carbocycles. The van der Waals surface area contributed by atoms with Gasteiger partial charge in [-0.2, -0.15) is 0 Å². The quantitative estimate of drug-likeness (QED) is 0.182. The van der Waals surface area contributed by atoms with Gasteiger partial charge in [-0.15, -0.1) is 0 Å². The van der Waals surface area contributed by atoms with Gasteiger partial charge in [0.15, 0.2) is 17.5 Å². The summed E-state index contributed by atoms with van der Waals surface area (Å²) in [5.41, 5.74) is 13.9. The Balaban J connectivity index is 1.22. The van der Waals surface area contributed by atoms with Gasteiger partial charge < -0.3 is 4.42 Å². The fourth-order valence-electron chi connectivity index (χ4n) is 8.09. The largest absolute Gasteiger partial charge is 0.455 e. The Bertz CT molecular complexity index is 2980. The molecule has 0 saturated heterocycles. The Hall–Kier alpha value is -7.17. The topological polar surface area (TPSA) is 51.8 Å². The van der Waals surface area contributed by atoms with Gasteiger partial charge in [0, 0.05) is 21.9 Å². The number of benzene rings is 8. The summed E-state index contributed by atoms with van der Waals surface area (Å²) >= 11 is 0. The smallest absolute Gasteiger partial charge is 0.167 e. The van der Waals surface area contributed by atoms with Crippen LogP contribution in [-0.2, 0) is 0 Å². The highest BCUT2D eigenvalue weighted by Gasteiger charge is 2.28. The van der Waals surface area contributed by atoms with Gasteiger partial charge in [0.25, 0.3) is 0 Å². The van der Waals surface area contributed by atoms with Crippen LogP contribution < -0.4 is 0 Å². The van der Waals surface area contributed by atoms with Gasteiger partial charge in [-0.25, -0.2) is 15.0 Å². The van der Waals surface area contributed by atoms with Crippen molar-refractivity contribution in [3.63, 3.8) is 0 Å². The van der Waals surface area contributed by atoms with Crippen LogP contribution in [-0.4, -0.2) is 15.0 Å². The number of furan rings is 1. The molecule has 4 heteroatoms. The van der Waals surface area contributed by atoms with E-state index >= 15 is 0 Å². The normalized spacial score (nSPS) is 11.8. The minimum Gasteiger partial charge on any atom is -0.455 e. The zero-order valence-corrected chi connectivity index (χ0v) is 28.5. The summed E-state index contributed by atoms with van der Waals surface area (Å²) in [7, 11) is 0. The summed E-state index contributed by atoms with van der Waals surface area (Å²) in [4.78, 5) is 15.2. The maximum Gasteiger partial charge on any atom is 0.167 e. The first kappa shape index (κ1) is 29.5. The first-order valence-corrected chi connectivity index (χ1v) is 17.9. The molecule has 11 rings (SSSR count). The van der Waals surface area contributed by atoms with Crippen molar-refractivity contribution in [2.75, 3.05) is 0 Å². The van der Waals surface area contributed by atoms with Crippen LogP contribution in [0.15, 0.2) is 180 Å². The standard InChI is InChI=1S/C49H29N3O/c1-4-14-30(15-5-1)34-28-40-35-23-12-20-31-21-13-24-38(43(31)35)44(40)41(29-34)36-26-27-39(46-45(36)37-22-10-11-25-42(37)53-46)49-51-47(32-16-6-2-7-17-32)50-48(52-49)33-18-8-3-9-19-33/h1-29H. The maximum absolute atomic E-state index is 6.84. The van der Waals surface area contributed by atoms with Crippen molar-refractivity contribution >= 4 is 32.7 Å². The van der Waals surface area contributed by atoms with Crippen LogP contribution >= 0.6 is 0 Å². The summed E-state index contributed by atoms with van der Waals surface area (Å²) in [5.74, 6) is 1.79. The molecule has 0 amide bonds. The van der Waals surface area contributed by atoms with Crippen molar-refractivity contribution in [3.8, 4) is 78.7 Å². The van der Waals surface area contributed by atoms with E-state index in [1.807, 2.05) is 72.8 Å². The highest BCUT2D eigenvalue weighted by atomic mass is 16.3. The highest BCUT2D eigenvalue weighted by Crippen LogP contribution is 2.54. The fraction of sp³-hybridized carbons (Fsp3) is 0. The van der Waals surface area contributed by atoms with E-state index in [-0.39, 0.29) is 0 Å².